The van der Waals surface area contributed by atoms with Gasteiger partial charge < -0.3 is 15.1 Å². The normalized spacial score (nSPS) is 19.8. The van der Waals surface area contributed by atoms with E-state index in [0.717, 1.165) is 43.6 Å². The topological polar surface area (TPSA) is 53.4 Å². The van der Waals surface area contributed by atoms with E-state index in [0.29, 0.717) is 6.54 Å². The monoisotopic (exact) mass is 339 g/mol. The molecule has 1 unspecified atom stereocenters. The highest BCUT2D eigenvalue weighted by atomic mass is 16.2. The van der Waals surface area contributed by atoms with Crippen molar-refractivity contribution in [3.63, 3.8) is 0 Å². The van der Waals surface area contributed by atoms with Crippen LogP contribution in [0, 0.1) is 6.92 Å². The summed E-state index contributed by atoms with van der Waals surface area (Å²) in [6, 6.07) is 6.46. The maximum absolute atomic E-state index is 12.7. The molecule has 1 fully saturated rings. The van der Waals surface area contributed by atoms with Crippen molar-refractivity contribution >= 4 is 17.4 Å². The summed E-state index contributed by atoms with van der Waals surface area (Å²) < 4.78 is 2.00. The number of anilines is 2. The highest BCUT2D eigenvalue weighted by molar-refractivity contribution is 5.90. The van der Waals surface area contributed by atoms with Gasteiger partial charge in [0.25, 0.3) is 0 Å². The van der Waals surface area contributed by atoms with Crippen molar-refractivity contribution in [3.8, 4) is 0 Å². The van der Waals surface area contributed by atoms with Crippen molar-refractivity contribution in [2.45, 2.75) is 32.2 Å². The van der Waals surface area contributed by atoms with E-state index in [1.165, 1.54) is 11.3 Å². The summed E-state index contributed by atoms with van der Waals surface area (Å²) in [7, 11) is 2.10. The molecule has 4 rings (SSSR count). The van der Waals surface area contributed by atoms with Crippen LogP contribution in [0.1, 0.15) is 30.0 Å². The number of hydrogen-bond donors (Lipinski definition) is 1. The Kier molecular flexibility index (Phi) is 4.11. The summed E-state index contributed by atoms with van der Waals surface area (Å²) in [5.74, 6) is 0. The smallest absolute Gasteiger partial charge is 0.321 e. The second-order valence-electron chi connectivity index (χ2n) is 7.18. The van der Waals surface area contributed by atoms with E-state index >= 15 is 0 Å². The van der Waals surface area contributed by atoms with Crippen LogP contribution in [-0.2, 0) is 6.42 Å². The fraction of sp³-hybridized carbons (Fsp3) is 0.474. The molecule has 0 aliphatic carbocycles. The Labute approximate surface area is 148 Å². The molecular formula is C19H25N5O. The van der Waals surface area contributed by atoms with Gasteiger partial charge in [-0.25, -0.2) is 4.79 Å². The number of carbonyl (C=O) groups excluding carboxylic acids is 1. The van der Waals surface area contributed by atoms with Gasteiger partial charge in [0, 0.05) is 44.3 Å². The number of likely N-dealkylation sites (tertiary alicyclic amines) is 1. The molecule has 0 saturated carbocycles. The van der Waals surface area contributed by atoms with Crippen LogP contribution in [0.3, 0.4) is 0 Å². The molecule has 2 amide bonds. The van der Waals surface area contributed by atoms with Crippen LogP contribution in [0.4, 0.5) is 16.2 Å². The third-order valence-corrected chi connectivity index (χ3v) is 5.25. The molecule has 3 heterocycles. The maximum atomic E-state index is 12.7. The van der Waals surface area contributed by atoms with Crippen molar-refractivity contribution in [2.75, 3.05) is 36.9 Å². The third-order valence-electron chi connectivity index (χ3n) is 5.25. The van der Waals surface area contributed by atoms with E-state index in [-0.39, 0.29) is 12.1 Å². The second kappa shape index (κ2) is 6.43. The van der Waals surface area contributed by atoms with Crippen molar-refractivity contribution in [1.82, 2.24) is 14.7 Å². The summed E-state index contributed by atoms with van der Waals surface area (Å²) in [6.07, 6.45) is 7.08. The van der Waals surface area contributed by atoms with Gasteiger partial charge in [-0.05, 0) is 49.4 Å². The number of piperidine rings is 1. The summed E-state index contributed by atoms with van der Waals surface area (Å²) in [5, 5.41) is 7.49. The second-order valence-corrected chi connectivity index (χ2v) is 7.18. The fourth-order valence-corrected chi connectivity index (χ4v) is 3.81. The van der Waals surface area contributed by atoms with E-state index in [9.17, 15) is 4.79 Å². The lowest BCUT2D eigenvalue weighted by atomic mass is 10.1. The number of aryl methyl sites for hydroxylation is 1. The summed E-state index contributed by atoms with van der Waals surface area (Å²) >= 11 is 0. The highest BCUT2D eigenvalue weighted by Gasteiger charge is 2.25. The zero-order chi connectivity index (χ0) is 17.4. The van der Waals surface area contributed by atoms with Gasteiger partial charge in [-0.15, -0.1) is 0 Å². The molecule has 0 bridgehead atoms. The SMILES string of the molecule is Cc1cnn(C2CCCN(C(=O)Nc3ccc4c(c3)N(C)CC4)C2)c1. The first kappa shape index (κ1) is 16.0. The number of urea groups is 1. The van der Waals surface area contributed by atoms with Gasteiger partial charge in [-0.3, -0.25) is 4.68 Å². The van der Waals surface area contributed by atoms with E-state index < -0.39 is 0 Å². The number of rotatable bonds is 2. The van der Waals surface area contributed by atoms with Crippen molar-refractivity contribution in [2.24, 2.45) is 0 Å². The Hall–Kier alpha value is -2.50. The zero-order valence-electron chi connectivity index (χ0n) is 14.9. The van der Waals surface area contributed by atoms with Crippen LogP contribution in [0.15, 0.2) is 30.6 Å². The summed E-state index contributed by atoms with van der Waals surface area (Å²) in [6.45, 7) is 4.59. The average molecular weight is 339 g/mol. The highest BCUT2D eigenvalue weighted by Crippen LogP contribution is 2.30. The number of amides is 2. The molecule has 1 aromatic carbocycles. The lowest BCUT2D eigenvalue weighted by Gasteiger charge is -2.33. The standard InChI is InChI=1S/C19H25N5O/c1-14-11-20-24(12-14)17-4-3-8-23(13-17)19(25)21-16-6-5-15-7-9-22(2)18(15)10-16/h5-6,10-12,17H,3-4,7-9,13H2,1-2H3,(H,21,25). The van der Waals surface area contributed by atoms with Crippen molar-refractivity contribution in [1.29, 1.82) is 0 Å². The molecule has 0 spiro atoms. The number of likely N-dealkylation sites (N-methyl/N-ethyl adjacent to an activating group) is 1. The summed E-state index contributed by atoms with van der Waals surface area (Å²) in [5.41, 5.74) is 4.60. The van der Waals surface area contributed by atoms with Crippen LogP contribution in [0.2, 0.25) is 0 Å². The van der Waals surface area contributed by atoms with Crippen LogP contribution in [0.25, 0.3) is 0 Å². The Bertz CT molecular complexity index is 784. The van der Waals surface area contributed by atoms with Crippen LogP contribution < -0.4 is 10.2 Å². The predicted molar refractivity (Wildman–Crippen MR) is 99.2 cm³/mol. The van der Waals surface area contributed by atoms with Crippen LogP contribution >= 0.6 is 0 Å². The van der Waals surface area contributed by atoms with Gasteiger partial charge in [0.15, 0.2) is 0 Å². The molecule has 1 atom stereocenters. The molecule has 2 aromatic rings. The molecule has 1 saturated heterocycles. The Morgan fingerprint density at radius 1 is 1.32 bits per heavy atom. The van der Waals surface area contributed by atoms with Gasteiger partial charge in [0.2, 0.25) is 0 Å². The van der Waals surface area contributed by atoms with E-state index in [2.05, 4.69) is 40.7 Å². The Morgan fingerprint density at radius 3 is 3.00 bits per heavy atom. The molecule has 6 nitrogen and oxygen atoms in total. The third kappa shape index (κ3) is 3.21. The molecule has 0 radical (unpaired) electrons. The number of benzene rings is 1. The van der Waals surface area contributed by atoms with E-state index in [1.54, 1.807) is 0 Å². The molecular weight excluding hydrogens is 314 g/mol. The van der Waals surface area contributed by atoms with Crippen LogP contribution in [-0.4, -0.2) is 47.4 Å². The largest absolute Gasteiger partial charge is 0.374 e. The van der Waals surface area contributed by atoms with E-state index in [4.69, 9.17) is 0 Å². The first-order valence-electron chi connectivity index (χ1n) is 9.01. The minimum Gasteiger partial charge on any atom is -0.374 e. The first-order valence-corrected chi connectivity index (χ1v) is 9.01. The van der Waals surface area contributed by atoms with Crippen molar-refractivity contribution < 1.29 is 4.79 Å². The van der Waals surface area contributed by atoms with Crippen molar-refractivity contribution in [3.05, 3.63) is 41.7 Å². The Balaban J connectivity index is 1.43. The maximum Gasteiger partial charge on any atom is 0.321 e. The first-order chi connectivity index (χ1) is 12.1. The zero-order valence-corrected chi connectivity index (χ0v) is 14.9. The number of carbonyl (C=O) groups is 1. The Morgan fingerprint density at radius 2 is 2.20 bits per heavy atom. The molecule has 2 aliphatic rings. The number of aromatic nitrogens is 2. The quantitative estimate of drug-likeness (QED) is 0.915. The van der Waals surface area contributed by atoms with Gasteiger partial charge >= 0.3 is 6.03 Å². The fourth-order valence-electron chi connectivity index (χ4n) is 3.81. The number of nitrogens with one attached hydrogen (secondary N) is 1. The molecule has 1 aromatic heterocycles. The average Bonchev–Trinajstić information content (AvgIpc) is 3.21. The van der Waals surface area contributed by atoms with Gasteiger partial charge in [-0.1, -0.05) is 6.07 Å². The molecule has 25 heavy (non-hydrogen) atoms. The van der Waals surface area contributed by atoms with Gasteiger partial charge in [-0.2, -0.15) is 5.10 Å². The number of hydrogen-bond acceptors (Lipinski definition) is 3. The van der Waals surface area contributed by atoms with Gasteiger partial charge in [0.1, 0.15) is 0 Å². The minimum atomic E-state index is -0.0193. The molecule has 6 heteroatoms. The molecule has 2 aliphatic heterocycles. The number of nitrogens with zero attached hydrogens (tertiary/aromatic N) is 4. The minimum absolute atomic E-state index is 0.0193. The molecule has 1 N–H and O–H groups in total. The molecule has 132 valence electrons. The lowest BCUT2D eigenvalue weighted by molar-refractivity contribution is 0.175. The summed E-state index contributed by atoms with van der Waals surface area (Å²) in [4.78, 5) is 16.8. The lowest BCUT2D eigenvalue weighted by Crippen LogP contribution is -2.43. The van der Waals surface area contributed by atoms with Gasteiger partial charge in [0.05, 0.1) is 12.2 Å². The van der Waals surface area contributed by atoms with E-state index in [1.807, 2.05) is 28.8 Å². The van der Waals surface area contributed by atoms with Crippen LogP contribution in [0.5, 0.6) is 0 Å². The predicted octanol–water partition coefficient (Wildman–Crippen LogP) is 3.05. The number of fused-ring (bicyclic) bond motifs is 1.